The third-order valence-electron chi connectivity index (χ3n) is 4.48. The monoisotopic (exact) mass is 273 g/mol. The van der Waals surface area contributed by atoms with Crippen LogP contribution < -0.4 is 5.32 Å². The van der Waals surface area contributed by atoms with Crippen LogP contribution in [-0.2, 0) is 9.59 Å². The molecule has 1 N–H and O–H groups in total. The number of nitrogens with zero attached hydrogens (tertiary/aromatic N) is 2. The van der Waals surface area contributed by atoms with Crippen LogP contribution in [0.3, 0.4) is 0 Å². The summed E-state index contributed by atoms with van der Waals surface area (Å²) in [5, 5.41) is 2.91. The summed E-state index contributed by atoms with van der Waals surface area (Å²) in [4.78, 5) is 29.8. The third kappa shape index (κ3) is 2.28. The first-order valence-corrected chi connectivity index (χ1v) is 7.13. The van der Waals surface area contributed by atoms with Gasteiger partial charge in [0.25, 0.3) is 0 Å². The molecular weight excluding hydrogens is 254 g/mol. The number of carbonyl (C=O) groups excluding carboxylic acids is 2. The second-order valence-corrected chi connectivity index (χ2v) is 5.77. The minimum Gasteiger partial charge on any atom is -0.342 e. The highest BCUT2D eigenvalue weighted by Crippen LogP contribution is 2.58. The largest absolute Gasteiger partial charge is 0.342 e. The summed E-state index contributed by atoms with van der Waals surface area (Å²) in [6.07, 6.45) is 5.72. The van der Waals surface area contributed by atoms with Crippen LogP contribution in [0.5, 0.6) is 0 Å². The number of pyridine rings is 1. The van der Waals surface area contributed by atoms with Crippen molar-refractivity contribution in [3.05, 3.63) is 24.5 Å². The maximum Gasteiger partial charge on any atom is 0.228 e. The van der Waals surface area contributed by atoms with E-state index in [1.54, 1.807) is 18.5 Å². The normalized spacial score (nSPS) is 27.6. The molecule has 1 saturated carbocycles. The Labute approximate surface area is 118 Å². The van der Waals surface area contributed by atoms with Gasteiger partial charge in [-0.25, -0.2) is 0 Å². The number of nitrogens with one attached hydrogen (secondary N) is 1. The molecule has 1 aliphatic heterocycles. The zero-order chi connectivity index (χ0) is 14.2. The van der Waals surface area contributed by atoms with E-state index >= 15 is 0 Å². The van der Waals surface area contributed by atoms with Crippen LogP contribution in [0.15, 0.2) is 24.5 Å². The van der Waals surface area contributed by atoms with E-state index in [9.17, 15) is 9.59 Å². The highest BCUT2D eigenvalue weighted by Gasteiger charge is 2.61. The van der Waals surface area contributed by atoms with E-state index in [0.717, 1.165) is 31.6 Å². The molecule has 106 valence electrons. The molecule has 0 radical (unpaired) electrons. The number of aromatic nitrogens is 1. The third-order valence-corrected chi connectivity index (χ3v) is 4.48. The molecule has 1 aromatic heterocycles. The summed E-state index contributed by atoms with van der Waals surface area (Å²) in [6, 6.07) is 3.64. The lowest BCUT2D eigenvalue weighted by Gasteiger charge is -2.15. The second kappa shape index (κ2) is 4.89. The summed E-state index contributed by atoms with van der Waals surface area (Å²) < 4.78 is 0. The molecule has 1 aliphatic carbocycles. The minimum atomic E-state index is 0.0388. The van der Waals surface area contributed by atoms with Gasteiger partial charge in [-0.2, -0.15) is 0 Å². The Balaban J connectivity index is 1.59. The molecule has 2 heterocycles. The van der Waals surface area contributed by atoms with Gasteiger partial charge < -0.3 is 10.2 Å². The summed E-state index contributed by atoms with van der Waals surface area (Å²) in [5.74, 6) is 0.293. The number of hydrogen-bond donors (Lipinski definition) is 1. The summed E-state index contributed by atoms with van der Waals surface area (Å²) in [6.45, 7) is 3.42. The molecule has 1 aromatic rings. The quantitative estimate of drug-likeness (QED) is 0.911. The van der Waals surface area contributed by atoms with Crippen LogP contribution in [-0.4, -0.2) is 34.8 Å². The molecule has 1 spiro atoms. The first kappa shape index (κ1) is 13.1. The molecule has 20 heavy (non-hydrogen) atoms. The van der Waals surface area contributed by atoms with Crippen molar-refractivity contribution < 1.29 is 9.59 Å². The van der Waals surface area contributed by atoms with Gasteiger partial charge in [-0.05, 0) is 25.0 Å². The number of hydrogen-bond acceptors (Lipinski definition) is 3. The highest BCUT2D eigenvalue weighted by molar-refractivity contribution is 5.95. The van der Waals surface area contributed by atoms with Crippen molar-refractivity contribution in [2.75, 3.05) is 18.4 Å². The van der Waals surface area contributed by atoms with Crippen LogP contribution in [0.2, 0.25) is 0 Å². The molecular formula is C15H19N3O2. The van der Waals surface area contributed by atoms with E-state index < -0.39 is 0 Å². The molecule has 1 saturated heterocycles. The number of rotatable bonds is 3. The van der Waals surface area contributed by atoms with E-state index in [1.807, 2.05) is 17.9 Å². The van der Waals surface area contributed by atoms with Crippen molar-refractivity contribution in [2.24, 2.45) is 11.3 Å². The molecule has 2 atom stereocenters. The molecule has 5 nitrogen and oxygen atoms in total. The highest BCUT2D eigenvalue weighted by atomic mass is 16.2. The number of likely N-dealkylation sites (tertiary alicyclic amines) is 1. The number of anilines is 1. The zero-order valence-corrected chi connectivity index (χ0v) is 11.6. The van der Waals surface area contributed by atoms with Gasteiger partial charge in [-0.15, -0.1) is 0 Å². The van der Waals surface area contributed by atoms with Crippen LogP contribution in [0.1, 0.15) is 26.2 Å². The van der Waals surface area contributed by atoms with Crippen molar-refractivity contribution in [1.82, 2.24) is 9.88 Å². The SMILES string of the molecule is CCC(=O)N1CCC2(CC2C(=O)Nc2cccnc2)C1. The molecule has 2 unspecified atom stereocenters. The van der Waals surface area contributed by atoms with Crippen LogP contribution in [0.25, 0.3) is 0 Å². The smallest absolute Gasteiger partial charge is 0.228 e. The number of carbonyl (C=O) groups is 2. The van der Waals surface area contributed by atoms with Gasteiger partial charge in [0.15, 0.2) is 0 Å². The van der Waals surface area contributed by atoms with Crippen LogP contribution >= 0.6 is 0 Å². The Kier molecular flexibility index (Phi) is 3.20. The molecule has 2 fully saturated rings. The van der Waals surface area contributed by atoms with E-state index in [0.29, 0.717) is 6.42 Å². The van der Waals surface area contributed by atoms with Gasteiger partial charge in [-0.1, -0.05) is 6.92 Å². The lowest BCUT2D eigenvalue weighted by atomic mass is 10.0. The second-order valence-electron chi connectivity index (χ2n) is 5.77. The molecule has 2 amide bonds. The van der Waals surface area contributed by atoms with Crippen LogP contribution in [0.4, 0.5) is 5.69 Å². The summed E-state index contributed by atoms with van der Waals surface area (Å²) in [5.41, 5.74) is 0.774. The van der Waals surface area contributed by atoms with Gasteiger partial charge in [0.1, 0.15) is 0 Å². The fourth-order valence-corrected chi connectivity index (χ4v) is 3.17. The summed E-state index contributed by atoms with van der Waals surface area (Å²) in [7, 11) is 0. The van der Waals surface area contributed by atoms with E-state index in [-0.39, 0.29) is 23.1 Å². The fraction of sp³-hybridized carbons (Fsp3) is 0.533. The Morgan fingerprint density at radius 2 is 2.40 bits per heavy atom. The Bertz CT molecular complexity index is 531. The molecule has 5 heteroatoms. The van der Waals surface area contributed by atoms with Gasteiger partial charge in [0, 0.05) is 37.0 Å². The molecule has 3 rings (SSSR count). The standard InChI is InChI=1S/C15H19N3O2/c1-2-13(19)18-7-5-15(10-18)8-12(15)14(20)17-11-4-3-6-16-9-11/h3-4,6,9,12H,2,5,7-8,10H2,1H3,(H,17,20). The van der Waals surface area contributed by atoms with Crippen molar-refractivity contribution in [3.8, 4) is 0 Å². The van der Waals surface area contributed by atoms with Gasteiger partial charge in [-0.3, -0.25) is 14.6 Å². The van der Waals surface area contributed by atoms with Crippen molar-refractivity contribution in [3.63, 3.8) is 0 Å². The first-order valence-electron chi connectivity index (χ1n) is 7.13. The average Bonchev–Trinajstić information content (AvgIpc) is 3.00. The van der Waals surface area contributed by atoms with Gasteiger partial charge >= 0.3 is 0 Å². The minimum absolute atomic E-state index is 0.0388. The predicted molar refractivity (Wildman–Crippen MR) is 74.9 cm³/mol. The van der Waals surface area contributed by atoms with Gasteiger partial charge in [0.05, 0.1) is 11.9 Å². The molecule has 2 aliphatic rings. The van der Waals surface area contributed by atoms with E-state index in [1.165, 1.54) is 0 Å². The zero-order valence-electron chi connectivity index (χ0n) is 11.6. The van der Waals surface area contributed by atoms with Crippen molar-refractivity contribution in [2.45, 2.75) is 26.2 Å². The molecule has 0 aromatic carbocycles. The topological polar surface area (TPSA) is 62.3 Å². The Hall–Kier alpha value is -1.91. The van der Waals surface area contributed by atoms with Crippen LogP contribution in [0, 0.1) is 11.3 Å². The van der Waals surface area contributed by atoms with Gasteiger partial charge in [0.2, 0.25) is 11.8 Å². The Morgan fingerprint density at radius 3 is 3.10 bits per heavy atom. The van der Waals surface area contributed by atoms with E-state index in [4.69, 9.17) is 0 Å². The van der Waals surface area contributed by atoms with Crippen molar-refractivity contribution >= 4 is 17.5 Å². The maximum atomic E-state index is 12.2. The lowest BCUT2D eigenvalue weighted by Crippen LogP contribution is -2.29. The fourth-order valence-electron chi connectivity index (χ4n) is 3.17. The maximum absolute atomic E-state index is 12.2. The van der Waals surface area contributed by atoms with Crippen molar-refractivity contribution in [1.29, 1.82) is 0 Å². The lowest BCUT2D eigenvalue weighted by molar-refractivity contribution is -0.130. The number of amides is 2. The first-order chi connectivity index (χ1) is 9.64. The Morgan fingerprint density at radius 1 is 1.55 bits per heavy atom. The molecule has 0 bridgehead atoms. The average molecular weight is 273 g/mol. The van der Waals surface area contributed by atoms with E-state index in [2.05, 4.69) is 10.3 Å². The summed E-state index contributed by atoms with van der Waals surface area (Å²) >= 11 is 0. The predicted octanol–water partition coefficient (Wildman–Crippen LogP) is 1.67.